The molecule has 0 atom stereocenters. The van der Waals surface area contributed by atoms with Crippen molar-refractivity contribution in [1.82, 2.24) is 0 Å². The van der Waals surface area contributed by atoms with E-state index in [2.05, 4.69) is 11.8 Å². The van der Waals surface area contributed by atoms with Gasteiger partial charge in [0.2, 0.25) is 0 Å². The second-order valence-electron chi connectivity index (χ2n) is 2.45. The molecular weight excluding hydrogens is 181 g/mol. The first-order valence-electron chi connectivity index (χ1n) is 3.98. The maximum absolute atomic E-state index is 13.2. The molecule has 0 saturated heterocycles. The lowest BCUT2D eigenvalue weighted by Crippen LogP contribution is -1.90. The van der Waals surface area contributed by atoms with Crippen LogP contribution in [0.2, 0.25) is 0 Å². The van der Waals surface area contributed by atoms with Crippen molar-refractivity contribution in [3.8, 4) is 23.7 Å². The molecule has 0 aromatic heterocycles. The fourth-order valence-corrected chi connectivity index (χ4v) is 0.968. The third-order valence-corrected chi connectivity index (χ3v) is 1.58. The van der Waals surface area contributed by atoms with Crippen LogP contribution in [0.5, 0.6) is 5.75 Å². The van der Waals surface area contributed by atoms with E-state index in [-0.39, 0.29) is 12.0 Å². The van der Waals surface area contributed by atoms with Crippen LogP contribution in [-0.2, 0) is 0 Å². The van der Waals surface area contributed by atoms with Crippen molar-refractivity contribution in [3.05, 3.63) is 29.6 Å². The molecule has 1 aromatic rings. The van der Waals surface area contributed by atoms with Crippen LogP contribution in [-0.4, -0.2) is 7.11 Å². The number of halogens is 1. The Morgan fingerprint density at radius 1 is 1.50 bits per heavy atom. The van der Waals surface area contributed by atoms with Crippen LogP contribution in [0.4, 0.5) is 4.39 Å². The molecule has 1 rings (SSSR count). The lowest BCUT2D eigenvalue weighted by Gasteiger charge is -2.02. The summed E-state index contributed by atoms with van der Waals surface area (Å²) in [5.74, 6) is 5.05. The number of nitriles is 1. The quantitative estimate of drug-likeness (QED) is 0.634. The summed E-state index contributed by atoms with van der Waals surface area (Å²) in [6.45, 7) is 0. The average Bonchev–Trinajstić information content (AvgIpc) is 2.20. The maximum atomic E-state index is 13.2. The van der Waals surface area contributed by atoms with Gasteiger partial charge >= 0.3 is 0 Å². The van der Waals surface area contributed by atoms with Crippen LogP contribution in [0.25, 0.3) is 0 Å². The van der Waals surface area contributed by atoms with Crippen LogP contribution >= 0.6 is 0 Å². The molecular formula is C11H8FNO. The molecule has 0 aliphatic heterocycles. The predicted molar refractivity (Wildman–Crippen MR) is 50.1 cm³/mol. The predicted octanol–water partition coefficient (Wildman–Crippen LogP) is 2.10. The smallest absolute Gasteiger partial charge is 0.142 e. The van der Waals surface area contributed by atoms with Crippen molar-refractivity contribution in [1.29, 1.82) is 5.26 Å². The summed E-state index contributed by atoms with van der Waals surface area (Å²) in [5.41, 5.74) is 0.199. The highest BCUT2D eigenvalue weighted by molar-refractivity contribution is 5.47. The van der Waals surface area contributed by atoms with Gasteiger partial charge in [-0.1, -0.05) is 17.9 Å². The molecule has 0 fully saturated rings. The van der Waals surface area contributed by atoms with Crippen LogP contribution in [0.1, 0.15) is 12.0 Å². The number of benzene rings is 1. The van der Waals surface area contributed by atoms with E-state index < -0.39 is 5.82 Å². The van der Waals surface area contributed by atoms with Crippen molar-refractivity contribution in [2.24, 2.45) is 0 Å². The normalized spacial score (nSPS) is 8.36. The van der Waals surface area contributed by atoms with Crippen molar-refractivity contribution < 1.29 is 9.13 Å². The van der Waals surface area contributed by atoms with Gasteiger partial charge in [0, 0.05) is 0 Å². The Balaban J connectivity index is 3.08. The van der Waals surface area contributed by atoms with Gasteiger partial charge in [-0.15, -0.1) is 0 Å². The van der Waals surface area contributed by atoms with Gasteiger partial charge in [0.05, 0.1) is 19.6 Å². The fourth-order valence-electron chi connectivity index (χ4n) is 0.968. The molecule has 2 nitrogen and oxygen atoms in total. The van der Waals surface area contributed by atoms with Gasteiger partial charge in [-0.25, -0.2) is 4.39 Å². The van der Waals surface area contributed by atoms with E-state index in [1.807, 2.05) is 6.07 Å². The third kappa shape index (κ3) is 2.24. The third-order valence-electron chi connectivity index (χ3n) is 1.58. The molecule has 0 amide bonds. The zero-order valence-electron chi connectivity index (χ0n) is 7.67. The molecule has 1 aromatic carbocycles. The van der Waals surface area contributed by atoms with E-state index in [4.69, 9.17) is 10.00 Å². The second kappa shape index (κ2) is 4.89. The summed E-state index contributed by atoms with van der Waals surface area (Å²) < 4.78 is 18.1. The van der Waals surface area contributed by atoms with Gasteiger partial charge in [0.25, 0.3) is 0 Å². The summed E-state index contributed by atoms with van der Waals surface area (Å²) in [6, 6.07) is 6.33. The van der Waals surface area contributed by atoms with Gasteiger partial charge in [-0.2, -0.15) is 5.26 Å². The highest BCUT2D eigenvalue weighted by atomic mass is 19.1. The number of hydrogen-bond donors (Lipinski definition) is 0. The van der Waals surface area contributed by atoms with E-state index in [9.17, 15) is 4.39 Å². The molecule has 0 N–H and O–H groups in total. The Morgan fingerprint density at radius 3 is 2.93 bits per heavy atom. The Morgan fingerprint density at radius 2 is 2.29 bits per heavy atom. The van der Waals surface area contributed by atoms with E-state index in [0.717, 1.165) is 0 Å². The number of hydrogen-bond acceptors (Lipinski definition) is 2. The molecule has 0 aliphatic carbocycles. The standard InChI is InChI=1S/C11H8FNO/c1-14-11-7-4-6-10(12)9(11)5-2-3-8-13/h4,6-7H,3H2,1H3. The highest BCUT2D eigenvalue weighted by Gasteiger charge is 2.04. The zero-order valence-corrected chi connectivity index (χ0v) is 7.67. The maximum Gasteiger partial charge on any atom is 0.142 e. The van der Waals surface area contributed by atoms with Gasteiger partial charge in [0.15, 0.2) is 0 Å². The first-order valence-corrected chi connectivity index (χ1v) is 3.98. The Bertz CT molecular complexity index is 423. The first-order chi connectivity index (χ1) is 6.79. The number of methoxy groups -OCH3 is 1. The summed E-state index contributed by atoms with van der Waals surface area (Å²) in [4.78, 5) is 0. The monoisotopic (exact) mass is 189 g/mol. The lowest BCUT2D eigenvalue weighted by molar-refractivity contribution is 0.409. The molecule has 0 aliphatic rings. The van der Waals surface area contributed by atoms with E-state index >= 15 is 0 Å². The van der Waals surface area contributed by atoms with E-state index in [1.54, 1.807) is 12.1 Å². The summed E-state index contributed by atoms with van der Waals surface area (Å²) in [7, 11) is 1.45. The van der Waals surface area contributed by atoms with Crippen molar-refractivity contribution >= 4 is 0 Å². The van der Waals surface area contributed by atoms with Crippen LogP contribution < -0.4 is 4.74 Å². The summed E-state index contributed by atoms with van der Waals surface area (Å²) >= 11 is 0. The van der Waals surface area contributed by atoms with E-state index in [1.165, 1.54) is 13.2 Å². The number of nitrogens with zero attached hydrogens (tertiary/aromatic N) is 1. The Hall–Kier alpha value is -2.00. The minimum atomic E-state index is -0.435. The fraction of sp³-hybridized carbons (Fsp3) is 0.182. The Labute approximate surface area is 81.9 Å². The molecule has 0 unspecified atom stereocenters. The number of ether oxygens (including phenoxy) is 1. The molecule has 0 heterocycles. The molecule has 0 bridgehead atoms. The van der Waals surface area contributed by atoms with Gasteiger partial charge in [0.1, 0.15) is 17.1 Å². The lowest BCUT2D eigenvalue weighted by atomic mass is 10.2. The molecule has 3 heteroatoms. The SMILES string of the molecule is COc1cccc(F)c1C#CCC#N. The van der Waals surface area contributed by atoms with Crippen molar-refractivity contribution in [3.63, 3.8) is 0 Å². The van der Waals surface area contributed by atoms with Crippen LogP contribution in [0, 0.1) is 29.0 Å². The summed E-state index contributed by atoms with van der Waals surface area (Å²) in [5, 5.41) is 8.26. The minimum Gasteiger partial charge on any atom is -0.495 e. The topological polar surface area (TPSA) is 33.0 Å². The Kier molecular flexibility index (Phi) is 3.52. The van der Waals surface area contributed by atoms with E-state index in [0.29, 0.717) is 5.75 Å². The molecule has 0 spiro atoms. The van der Waals surface area contributed by atoms with Crippen LogP contribution in [0.15, 0.2) is 18.2 Å². The minimum absolute atomic E-state index is 0.0808. The average molecular weight is 189 g/mol. The summed E-state index contributed by atoms with van der Waals surface area (Å²) in [6.07, 6.45) is 0.0808. The molecule has 0 saturated carbocycles. The molecule has 0 radical (unpaired) electrons. The highest BCUT2D eigenvalue weighted by Crippen LogP contribution is 2.19. The van der Waals surface area contributed by atoms with Crippen molar-refractivity contribution in [2.45, 2.75) is 6.42 Å². The first kappa shape index (κ1) is 10.1. The molecule has 70 valence electrons. The second-order valence-corrected chi connectivity index (χ2v) is 2.45. The number of rotatable bonds is 1. The van der Waals surface area contributed by atoms with Crippen molar-refractivity contribution in [2.75, 3.05) is 7.11 Å². The molecule has 14 heavy (non-hydrogen) atoms. The van der Waals surface area contributed by atoms with Gasteiger partial charge in [-0.3, -0.25) is 0 Å². The van der Waals surface area contributed by atoms with Gasteiger partial charge in [-0.05, 0) is 12.1 Å². The zero-order chi connectivity index (χ0) is 10.4. The largest absolute Gasteiger partial charge is 0.495 e. The van der Waals surface area contributed by atoms with Gasteiger partial charge < -0.3 is 4.74 Å². The van der Waals surface area contributed by atoms with Crippen LogP contribution in [0.3, 0.4) is 0 Å².